The number of fused-ring (bicyclic) bond motifs is 4. The zero-order chi connectivity index (χ0) is 23.0. The van der Waals surface area contributed by atoms with Crippen molar-refractivity contribution in [3.63, 3.8) is 0 Å². The van der Waals surface area contributed by atoms with Crippen molar-refractivity contribution in [3.05, 3.63) is 70.9 Å². The van der Waals surface area contributed by atoms with Crippen LogP contribution in [0, 0.1) is 13.8 Å². The fourth-order valence-electron chi connectivity index (χ4n) is 3.80. The minimum absolute atomic E-state index is 0.308. The molecule has 1 unspecified atom stereocenters. The third-order valence-electron chi connectivity index (χ3n) is 5.46. The van der Waals surface area contributed by atoms with Gasteiger partial charge in [-0.25, -0.2) is 4.98 Å². The lowest BCUT2D eigenvalue weighted by Crippen LogP contribution is -2.42. The Balaban J connectivity index is 1.86. The van der Waals surface area contributed by atoms with Crippen LogP contribution in [0.2, 0.25) is 0 Å². The van der Waals surface area contributed by atoms with Gasteiger partial charge in [0.25, 0.3) is 0 Å². The second-order valence-corrected chi connectivity index (χ2v) is 7.40. The van der Waals surface area contributed by atoms with E-state index in [1.807, 2.05) is 45.0 Å². The van der Waals surface area contributed by atoms with Gasteiger partial charge in [0, 0.05) is 32.2 Å². The minimum Gasteiger partial charge on any atom is -0.436 e. The zero-order valence-corrected chi connectivity index (χ0v) is 16.4. The van der Waals surface area contributed by atoms with Gasteiger partial charge in [0.2, 0.25) is 5.71 Å². The Labute approximate surface area is 171 Å². The molecule has 1 aliphatic rings. The number of nitrogens with zero attached hydrogens (tertiary/aromatic N) is 3. The summed E-state index contributed by atoms with van der Waals surface area (Å²) in [5.41, 5.74) is 4.00. The SMILES string of the molecule is [2H]C1([2H])c2ccccc2C([2H])([2H])N(c2c(C)ccc3c2oc2nc(C)ccc23)C(C)N1C. The van der Waals surface area contributed by atoms with E-state index >= 15 is 0 Å². The predicted molar refractivity (Wildman–Crippen MR) is 115 cm³/mol. The van der Waals surface area contributed by atoms with Gasteiger partial charge in [-0.2, -0.15) is 0 Å². The van der Waals surface area contributed by atoms with Crippen LogP contribution in [0.5, 0.6) is 0 Å². The van der Waals surface area contributed by atoms with Gasteiger partial charge in [-0.05, 0) is 56.6 Å². The standard InChI is InChI=1S/C24H25N3O/c1-15-9-11-20-21-12-10-16(2)25-24(21)28-23(20)22(15)27-14-19-8-6-5-7-18(19)13-26(4)17(27)3/h5-12,17H,13-14H2,1-4H3/i13D2,14D2. The molecule has 1 atom stereocenters. The molecule has 0 aliphatic carbocycles. The van der Waals surface area contributed by atoms with Gasteiger partial charge in [0.05, 0.1) is 14.6 Å². The van der Waals surface area contributed by atoms with Crippen LogP contribution in [0.4, 0.5) is 5.69 Å². The van der Waals surface area contributed by atoms with E-state index in [1.54, 1.807) is 41.1 Å². The molecule has 0 saturated carbocycles. The summed E-state index contributed by atoms with van der Waals surface area (Å²) in [5, 5.41) is 1.73. The average Bonchev–Trinajstić information content (AvgIpc) is 3.10. The predicted octanol–water partition coefficient (Wildman–Crippen LogP) is 5.40. The quantitative estimate of drug-likeness (QED) is 0.446. The summed E-state index contributed by atoms with van der Waals surface area (Å²) in [4.78, 5) is 7.74. The van der Waals surface area contributed by atoms with Crippen LogP contribution in [0.15, 0.2) is 52.9 Å². The van der Waals surface area contributed by atoms with Crippen LogP contribution in [0.25, 0.3) is 22.1 Å². The summed E-state index contributed by atoms with van der Waals surface area (Å²) in [6.07, 6.45) is -0.611. The summed E-state index contributed by atoms with van der Waals surface area (Å²) in [5.74, 6) is 0. The van der Waals surface area contributed by atoms with E-state index < -0.39 is 19.2 Å². The molecule has 142 valence electrons. The molecule has 0 radical (unpaired) electrons. The Morgan fingerprint density at radius 3 is 2.50 bits per heavy atom. The van der Waals surface area contributed by atoms with Gasteiger partial charge in [-0.15, -0.1) is 0 Å². The van der Waals surface area contributed by atoms with Gasteiger partial charge in [-0.3, -0.25) is 4.90 Å². The molecule has 0 fully saturated rings. The maximum absolute atomic E-state index is 9.22. The average molecular weight is 376 g/mol. The number of furan rings is 1. The second kappa shape index (κ2) is 6.35. The first kappa shape index (κ1) is 13.3. The Morgan fingerprint density at radius 2 is 1.71 bits per heavy atom. The highest BCUT2D eigenvalue weighted by Gasteiger charge is 2.28. The summed E-state index contributed by atoms with van der Waals surface area (Å²) in [7, 11) is 1.69. The van der Waals surface area contributed by atoms with Gasteiger partial charge >= 0.3 is 0 Å². The highest BCUT2D eigenvalue weighted by Crippen LogP contribution is 2.39. The minimum atomic E-state index is -1.99. The van der Waals surface area contributed by atoms with Gasteiger partial charge in [-0.1, -0.05) is 36.4 Å². The third kappa shape index (κ3) is 2.60. The van der Waals surface area contributed by atoms with Crippen molar-refractivity contribution in [2.45, 2.75) is 39.9 Å². The molecule has 2 aromatic carbocycles. The lowest BCUT2D eigenvalue weighted by Gasteiger charge is -2.35. The number of hydrogen-bond acceptors (Lipinski definition) is 4. The Hall–Kier alpha value is -2.85. The van der Waals surface area contributed by atoms with Crippen molar-refractivity contribution in [1.29, 1.82) is 0 Å². The van der Waals surface area contributed by atoms with Crippen molar-refractivity contribution in [3.8, 4) is 0 Å². The summed E-state index contributed by atoms with van der Waals surface area (Å²) in [6.45, 7) is 1.81. The van der Waals surface area contributed by atoms with E-state index in [4.69, 9.17) is 7.16 Å². The number of aryl methyl sites for hydroxylation is 2. The number of pyridine rings is 1. The number of rotatable bonds is 1. The van der Waals surface area contributed by atoms with Crippen molar-refractivity contribution in [2.24, 2.45) is 0 Å². The van der Waals surface area contributed by atoms with Crippen molar-refractivity contribution in [1.82, 2.24) is 9.88 Å². The molecule has 28 heavy (non-hydrogen) atoms. The Bertz CT molecular complexity index is 1360. The van der Waals surface area contributed by atoms with Gasteiger partial charge < -0.3 is 9.32 Å². The van der Waals surface area contributed by atoms with Crippen LogP contribution in [-0.4, -0.2) is 23.1 Å². The van der Waals surface area contributed by atoms with Crippen LogP contribution in [0.1, 0.15) is 34.8 Å². The maximum Gasteiger partial charge on any atom is 0.227 e. The van der Waals surface area contributed by atoms with Crippen LogP contribution in [-0.2, 0) is 13.0 Å². The molecule has 3 heterocycles. The molecule has 4 heteroatoms. The van der Waals surface area contributed by atoms with E-state index in [1.165, 1.54) is 0 Å². The maximum atomic E-state index is 9.22. The van der Waals surface area contributed by atoms with Crippen molar-refractivity contribution in [2.75, 3.05) is 11.9 Å². The molecule has 0 N–H and O–H groups in total. The van der Waals surface area contributed by atoms with Gasteiger partial charge in [0.15, 0.2) is 5.58 Å². The molecule has 2 aromatic heterocycles. The molecule has 4 aromatic rings. The monoisotopic (exact) mass is 375 g/mol. The van der Waals surface area contributed by atoms with E-state index in [2.05, 4.69) is 4.98 Å². The van der Waals surface area contributed by atoms with Crippen molar-refractivity contribution < 1.29 is 9.90 Å². The molecule has 5 rings (SSSR count). The van der Waals surface area contributed by atoms with E-state index in [-0.39, 0.29) is 0 Å². The van der Waals surface area contributed by atoms with Crippen LogP contribution >= 0.6 is 0 Å². The van der Waals surface area contributed by atoms with E-state index in [0.717, 1.165) is 22.0 Å². The molecular weight excluding hydrogens is 346 g/mol. The van der Waals surface area contributed by atoms with Crippen LogP contribution in [0.3, 0.4) is 0 Å². The summed E-state index contributed by atoms with van der Waals surface area (Å²) >= 11 is 0. The molecule has 4 nitrogen and oxygen atoms in total. The molecule has 0 spiro atoms. The smallest absolute Gasteiger partial charge is 0.227 e. The first-order chi connectivity index (χ1) is 15.0. The fraction of sp³-hybridized carbons (Fsp3) is 0.292. The number of benzene rings is 2. The molecular formula is C24H25N3O. The summed E-state index contributed by atoms with van der Waals surface area (Å²) in [6, 6.07) is 14.7. The van der Waals surface area contributed by atoms with Crippen molar-refractivity contribution >= 4 is 27.8 Å². The largest absolute Gasteiger partial charge is 0.436 e. The second-order valence-electron chi connectivity index (χ2n) is 7.40. The van der Waals surface area contributed by atoms with Gasteiger partial charge in [0.1, 0.15) is 0 Å². The molecule has 0 bridgehead atoms. The molecule has 0 amide bonds. The molecule has 0 saturated heterocycles. The zero-order valence-electron chi connectivity index (χ0n) is 20.4. The highest BCUT2D eigenvalue weighted by molar-refractivity contribution is 6.08. The lowest BCUT2D eigenvalue weighted by atomic mass is 10.1. The first-order valence-corrected chi connectivity index (χ1v) is 9.47. The third-order valence-corrected chi connectivity index (χ3v) is 5.46. The van der Waals surface area contributed by atoms with E-state index in [0.29, 0.717) is 28.1 Å². The normalized spacial score (nSPS) is 23.6. The number of hydrogen-bond donors (Lipinski definition) is 0. The number of aromatic nitrogens is 1. The highest BCUT2D eigenvalue weighted by atomic mass is 16.3. The number of anilines is 1. The topological polar surface area (TPSA) is 32.5 Å². The lowest BCUT2D eigenvalue weighted by molar-refractivity contribution is 0.248. The van der Waals surface area contributed by atoms with E-state index in [9.17, 15) is 2.74 Å². The fourth-order valence-corrected chi connectivity index (χ4v) is 3.80. The Morgan fingerprint density at radius 1 is 1.00 bits per heavy atom. The summed E-state index contributed by atoms with van der Waals surface area (Å²) < 4.78 is 42.3. The van der Waals surface area contributed by atoms with Crippen LogP contribution < -0.4 is 4.90 Å². The first-order valence-electron chi connectivity index (χ1n) is 11.5. The molecule has 1 aliphatic heterocycles. The Kier molecular flexibility index (Phi) is 3.03.